The highest BCUT2D eigenvalue weighted by atomic mass is 32.1. The number of hydrogen-bond acceptors (Lipinski definition) is 5. The van der Waals surface area contributed by atoms with Gasteiger partial charge in [-0.3, -0.25) is 4.79 Å². The lowest BCUT2D eigenvalue weighted by molar-refractivity contribution is 0.650. The van der Waals surface area contributed by atoms with Gasteiger partial charge in [0.05, 0.1) is 21.1 Å². The molecular formula is C18H15N3OS2. The van der Waals surface area contributed by atoms with Crippen molar-refractivity contribution in [2.45, 2.75) is 20.4 Å². The minimum atomic E-state index is -0.129. The molecule has 6 heteroatoms. The molecule has 24 heavy (non-hydrogen) atoms. The first-order valence-electron chi connectivity index (χ1n) is 7.59. The summed E-state index contributed by atoms with van der Waals surface area (Å²) >= 11 is 3.15. The molecule has 0 saturated carbocycles. The van der Waals surface area contributed by atoms with E-state index in [4.69, 9.17) is 0 Å². The number of nitrogens with zero attached hydrogens (tertiary/aromatic N) is 3. The molecule has 0 fully saturated rings. The van der Waals surface area contributed by atoms with Crippen molar-refractivity contribution in [1.29, 1.82) is 0 Å². The van der Waals surface area contributed by atoms with Crippen LogP contribution in [0.5, 0.6) is 0 Å². The van der Waals surface area contributed by atoms with E-state index in [0.717, 1.165) is 25.8 Å². The van der Waals surface area contributed by atoms with Crippen molar-refractivity contribution in [3.05, 3.63) is 68.3 Å². The first-order chi connectivity index (χ1) is 11.6. The van der Waals surface area contributed by atoms with Gasteiger partial charge in [0.2, 0.25) is 0 Å². The van der Waals surface area contributed by atoms with E-state index in [1.54, 1.807) is 11.3 Å². The molecule has 1 aromatic carbocycles. The number of rotatable bonds is 3. The van der Waals surface area contributed by atoms with E-state index < -0.39 is 0 Å². The molecule has 3 heterocycles. The van der Waals surface area contributed by atoms with Gasteiger partial charge in [-0.05, 0) is 30.9 Å². The van der Waals surface area contributed by atoms with Crippen molar-refractivity contribution in [1.82, 2.24) is 14.8 Å². The Bertz CT molecular complexity index is 1080. The Kier molecular flexibility index (Phi) is 3.78. The molecule has 3 aromatic heterocycles. The SMILES string of the molecule is Cc1cccc(Cn2nc(-c3cccs3)c3sc(C)nc3c2=O)c1. The standard InChI is InChI=1S/C18H15N3OS2/c1-11-5-3-6-13(9-11)10-21-18(22)16-17(24-12(2)19-16)15(20-21)14-7-4-8-23-14/h3-9H,10H2,1-2H3. The molecule has 0 unspecified atom stereocenters. The highest BCUT2D eigenvalue weighted by molar-refractivity contribution is 7.20. The summed E-state index contributed by atoms with van der Waals surface area (Å²) < 4.78 is 2.41. The summed E-state index contributed by atoms with van der Waals surface area (Å²) in [7, 11) is 0. The maximum Gasteiger partial charge on any atom is 0.294 e. The van der Waals surface area contributed by atoms with Gasteiger partial charge >= 0.3 is 0 Å². The molecule has 0 aliphatic carbocycles. The molecule has 0 radical (unpaired) electrons. The molecular weight excluding hydrogens is 338 g/mol. The van der Waals surface area contributed by atoms with Crippen molar-refractivity contribution in [3.63, 3.8) is 0 Å². The predicted octanol–water partition coefficient (Wildman–Crippen LogP) is 4.25. The van der Waals surface area contributed by atoms with Crippen molar-refractivity contribution in [2.75, 3.05) is 0 Å². The average Bonchev–Trinajstić information content (AvgIpc) is 3.20. The number of fused-ring (bicyclic) bond motifs is 1. The van der Waals surface area contributed by atoms with Crippen LogP contribution in [0.15, 0.2) is 46.6 Å². The molecule has 0 spiro atoms. The van der Waals surface area contributed by atoms with Crippen molar-refractivity contribution >= 4 is 32.9 Å². The third-order valence-corrected chi connectivity index (χ3v) is 5.63. The molecule has 4 rings (SSSR count). The second kappa shape index (κ2) is 5.96. The Balaban J connectivity index is 1.92. The Morgan fingerprint density at radius 3 is 2.79 bits per heavy atom. The van der Waals surface area contributed by atoms with Gasteiger partial charge in [-0.1, -0.05) is 35.9 Å². The first kappa shape index (κ1) is 15.2. The second-order valence-corrected chi connectivity index (χ2v) is 7.84. The molecule has 0 bridgehead atoms. The van der Waals surface area contributed by atoms with Crippen LogP contribution in [0.1, 0.15) is 16.1 Å². The zero-order chi connectivity index (χ0) is 16.7. The van der Waals surface area contributed by atoms with Gasteiger partial charge < -0.3 is 0 Å². The number of thiophene rings is 1. The van der Waals surface area contributed by atoms with E-state index in [9.17, 15) is 4.79 Å². The van der Waals surface area contributed by atoms with Gasteiger partial charge in [0.15, 0.2) is 5.52 Å². The van der Waals surface area contributed by atoms with Gasteiger partial charge in [-0.25, -0.2) is 9.67 Å². The third-order valence-electron chi connectivity index (χ3n) is 3.78. The summed E-state index contributed by atoms with van der Waals surface area (Å²) in [5.74, 6) is 0. The normalized spacial score (nSPS) is 11.2. The van der Waals surface area contributed by atoms with Gasteiger partial charge in [0.1, 0.15) is 5.69 Å². The van der Waals surface area contributed by atoms with E-state index in [1.165, 1.54) is 21.6 Å². The van der Waals surface area contributed by atoms with Crippen LogP contribution in [0.2, 0.25) is 0 Å². The van der Waals surface area contributed by atoms with E-state index in [1.807, 2.05) is 49.6 Å². The fourth-order valence-electron chi connectivity index (χ4n) is 2.73. The van der Waals surface area contributed by atoms with Gasteiger partial charge in [-0.2, -0.15) is 5.10 Å². The monoisotopic (exact) mass is 353 g/mol. The summed E-state index contributed by atoms with van der Waals surface area (Å²) in [5, 5.41) is 7.57. The Morgan fingerprint density at radius 2 is 2.04 bits per heavy atom. The number of aryl methyl sites for hydroxylation is 2. The number of benzene rings is 1. The Morgan fingerprint density at radius 1 is 1.17 bits per heavy atom. The lowest BCUT2D eigenvalue weighted by Crippen LogP contribution is -2.24. The third kappa shape index (κ3) is 2.68. The smallest absolute Gasteiger partial charge is 0.265 e. The molecule has 0 saturated heterocycles. The highest BCUT2D eigenvalue weighted by Gasteiger charge is 2.17. The van der Waals surface area contributed by atoms with E-state index in [-0.39, 0.29) is 5.56 Å². The lowest BCUT2D eigenvalue weighted by atomic mass is 10.1. The van der Waals surface area contributed by atoms with Gasteiger partial charge in [-0.15, -0.1) is 22.7 Å². The summed E-state index contributed by atoms with van der Waals surface area (Å²) in [6, 6.07) is 12.2. The summed E-state index contributed by atoms with van der Waals surface area (Å²) in [5.41, 5.74) is 3.47. The van der Waals surface area contributed by atoms with Crippen LogP contribution in [-0.2, 0) is 6.54 Å². The molecule has 0 atom stereocenters. The van der Waals surface area contributed by atoms with Gasteiger partial charge in [0.25, 0.3) is 5.56 Å². The second-order valence-electron chi connectivity index (χ2n) is 5.69. The fraction of sp³-hybridized carbons (Fsp3) is 0.167. The molecule has 0 aliphatic heterocycles. The van der Waals surface area contributed by atoms with Crippen molar-refractivity contribution in [3.8, 4) is 10.6 Å². The van der Waals surface area contributed by atoms with Crippen LogP contribution in [-0.4, -0.2) is 14.8 Å². The molecule has 0 amide bonds. The average molecular weight is 353 g/mol. The summed E-state index contributed by atoms with van der Waals surface area (Å²) in [4.78, 5) is 18.3. The molecule has 120 valence electrons. The predicted molar refractivity (Wildman–Crippen MR) is 100 cm³/mol. The highest BCUT2D eigenvalue weighted by Crippen LogP contribution is 2.32. The van der Waals surface area contributed by atoms with Crippen LogP contribution >= 0.6 is 22.7 Å². The minimum Gasteiger partial charge on any atom is -0.265 e. The van der Waals surface area contributed by atoms with Crippen LogP contribution in [0, 0.1) is 13.8 Å². The van der Waals surface area contributed by atoms with Crippen LogP contribution in [0.3, 0.4) is 0 Å². The maximum absolute atomic E-state index is 12.8. The van der Waals surface area contributed by atoms with Crippen molar-refractivity contribution < 1.29 is 0 Å². The summed E-state index contributed by atoms with van der Waals surface area (Å²) in [6.07, 6.45) is 0. The zero-order valence-corrected chi connectivity index (χ0v) is 14.9. The van der Waals surface area contributed by atoms with E-state index in [2.05, 4.69) is 16.1 Å². The number of thiazole rings is 1. The maximum atomic E-state index is 12.8. The Labute approximate surface area is 147 Å². The molecule has 4 nitrogen and oxygen atoms in total. The summed E-state index contributed by atoms with van der Waals surface area (Å²) in [6.45, 7) is 4.42. The largest absolute Gasteiger partial charge is 0.294 e. The van der Waals surface area contributed by atoms with Gasteiger partial charge in [0, 0.05) is 0 Å². The van der Waals surface area contributed by atoms with Crippen LogP contribution in [0.25, 0.3) is 20.8 Å². The number of hydrogen-bond donors (Lipinski definition) is 0. The lowest BCUT2D eigenvalue weighted by Gasteiger charge is -2.08. The van der Waals surface area contributed by atoms with E-state index >= 15 is 0 Å². The van der Waals surface area contributed by atoms with Crippen molar-refractivity contribution in [2.24, 2.45) is 0 Å². The molecule has 4 aromatic rings. The first-order valence-corrected chi connectivity index (χ1v) is 9.29. The number of aromatic nitrogens is 3. The van der Waals surface area contributed by atoms with Crippen LogP contribution in [0.4, 0.5) is 0 Å². The van der Waals surface area contributed by atoms with E-state index in [0.29, 0.717) is 12.1 Å². The Hall–Kier alpha value is -2.31. The molecule has 0 aliphatic rings. The molecule has 0 N–H and O–H groups in total. The zero-order valence-electron chi connectivity index (χ0n) is 13.3. The minimum absolute atomic E-state index is 0.129. The van der Waals surface area contributed by atoms with Crippen LogP contribution < -0.4 is 5.56 Å². The topological polar surface area (TPSA) is 47.8 Å². The fourth-order valence-corrected chi connectivity index (χ4v) is 4.42. The quantitative estimate of drug-likeness (QED) is 0.553.